The van der Waals surface area contributed by atoms with E-state index < -0.39 is 97.5 Å². The van der Waals surface area contributed by atoms with Crippen LogP contribution in [0.15, 0.2) is 0 Å². The summed E-state index contributed by atoms with van der Waals surface area (Å²) < 4.78 is 68.0. The molecule has 498 valence electrons. The fourth-order valence-electron chi connectivity index (χ4n) is 9.54. The third-order valence-electron chi connectivity index (χ3n) is 15.5. The van der Waals surface area contributed by atoms with Gasteiger partial charge in [0, 0.05) is 25.7 Å². The first-order chi connectivity index (χ1) is 40.2. The highest BCUT2D eigenvalue weighted by Gasteiger charge is 2.30. The van der Waals surface area contributed by atoms with Crippen molar-refractivity contribution in [2.75, 3.05) is 39.6 Å². The van der Waals surface area contributed by atoms with Crippen LogP contribution in [-0.4, -0.2) is 96.7 Å². The molecule has 0 aromatic carbocycles. The SMILES string of the molecule is CCC(C)CCCCCCCCCCC(=O)OC[C@H](COP(=O)(O)OC[C@@H](O)COP(=O)(O)OC[C@@H](COC(=O)CCCCCCCCC(C)C)OC(=O)CCCCCCCCC(C)CC)OC(=O)CCCCCCCCCCCCC(C)C. The average Bonchev–Trinajstić information content (AvgIpc) is 3.54. The number of hydrogen-bond donors (Lipinski definition) is 3. The van der Waals surface area contributed by atoms with Crippen molar-refractivity contribution in [2.24, 2.45) is 23.7 Å². The van der Waals surface area contributed by atoms with Crippen LogP contribution in [0.2, 0.25) is 0 Å². The molecule has 0 aliphatic carbocycles. The molecule has 0 heterocycles. The molecule has 0 aromatic rings. The summed E-state index contributed by atoms with van der Waals surface area (Å²) >= 11 is 0. The molecule has 0 fully saturated rings. The molecule has 3 N–H and O–H groups in total. The van der Waals surface area contributed by atoms with Crippen LogP contribution in [0, 0.1) is 23.7 Å². The first-order valence-corrected chi connectivity index (χ1v) is 36.8. The van der Waals surface area contributed by atoms with Crippen LogP contribution >= 0.6 is 15.6 Å². The average molecular weight is 1240 g/mol. The Morgan fingerprint density at radius 3 is 0.845 bits per heavy atom. The van der Waals surface area contributed by atoms with Crippen molar-refractivity contribution in [1.29, 1.82) is 0 Å². The summed E-state index contributed by atoms with van der Waals surface area (Å²) in [5.74, 6) is 0.788. The van der Waals surface area contributed by atoms with E-state index >= 15 is 0 Å². The van der Waals surface area contributed by atoms with E-state index in [0.717, 1.165) is 114 Å². The van der Waals surface area contributed by atoms with Gasteiger partial charge in [0.1, 0.15) is 19.3 Å². The number of phosphoric acid groups is 2. The first-order valence-electron chi connectivity index (χ1n) is 33.8. The molecule has 4 unspecified atom stereocenters. The van der Waals surface area contributed by atoms with Crippen molar-refractivity contribution in [2.45, 2.75) is 331 Å². The largest absolute Gasteiger partial charge is 0.472 e. The highest BCUT2D eigenvalue weighted by molar-refractivity contribution is 7.47. The second-order valence-electron chi connectivity index (χ2n) is 24.9. The van der Waals surface area contributed by atoms with Gasteiger partial charge in [0.05, 0.1) is 26.4 Å². The number of hydrogen-bond acceptors (Lipinski definition) is 15. The number of carbonyl (C=O) groups is 4. The molecule has 19 heteroatoms. The van der Waals surface area contributed by atoms with Crippen molar-refractivity contribution in [3.05, 3.63) is 0 Å². The van der Waals surface area contributed by atoms with Crippen molar-refractivity contribution in [3.63, 3.8) is 0 Å². The minimum Gasteiger partial charge on any atom is -0.462 e. The molecule has 7 atom stereocenters. The molecule has 0 rings (SSSR count). The second kappa shape index (κ2) is 55.2. The lowest BCUT2D eigenvalue weighted by molar-refractivity contribution is -0.161. The summed E-state index contributed by atoms with van der Waals surface area (Å²) in [6, 6.07) is 0. The van der Waals surface area contributed by atoms with Gasteiger partial charge in [0.25, 0.3) is 0 Å². The number of phosphoric ester groups is 2. The van der Waals surface area contributed by atoms with Gasteiger partial charge in [-0.3, -0.25) is 37.3 Å². The molecule has 0 aliphatic heterocycles. The van der Waals surface area contributed by atoms with E-state index in [1.54, 1.807) is 0 Å². The predicted octanol–water partition coefficient (Wildman–Crippen LogP) is 17.8. The molecule has 0 amide bonds. The minimum atomic E-state index is -4.95. The van der Waals surface area contributed by atoms with Crippen molar-refractivity contribution in [3.8, 4) is 0 Å². The van der Waals surface area contributed by atoms with Gasteiger partial charge in [-0.25, -0.2) is 9.13 Å². The lowest BCUT2D eigenvalue weighted by Crippen LogP contribution is -2.30. The van der Waals surface area contributed by atoms with Crippen LogP contribution in [0.3, 0.4) is 0 Å². The molecular formula is C65H126O17P2. The Labute approximate surface area is 511 Å². The minimum absolute atomic E-state index is 0.101. The van der Waals surface area contributed by atoms with Gasteiger partial charge in [0.15, 0.2) is 12.2 Å². The molecule has 0 saturated carbocycles. The highest BCUT2D eigenvalue weighted by atomic mass is 31.2. The van der Waals surface area contributed by atoms with Gasteiger partial charge in [-0.2, -0.15) is 0 Å². The number of unbranched alkanes of at least 4 members (excludes halogenated alkanes) is 26. The zero-order valence-corrected chi connectivity index (χ0v) is 56.3. The van der Waals surface area contributed by atoms with E-state index in [0.29, 0.717) is 31.6 Å². The zero-order valence-electron chi connectivity index (χ0n) is 54.5. The quantitative estimate of drug-likeness (QED) is 0.0222. The smallest absolute Gasteiger partial charge is 0.462 e. The topological polar surface area (TPSA) is 237 Å². The molecule has 0 radical (unpaired) electrons. The van der Waals surface area contributed by atoms with Crippen molar-refractivity contribution >= 4 is 39.5 Å². The summed E-state index contributed by atoms with van der Waals surface area (Å²) in [6.45, 7) is 14.0. The summed E-state index contributed by atoms with van der Waals surface area (Å²) in [6.07, 6.45) is 34.9. The van der Waals surface area contributed by atoms with Crippen molar-refractivity contribution < 1.29 is 80.2 Å². The fraction of sp³-hybridized carbons (Fsp3) is 0.938. The molecule has 0 spiro atoms. The van der Waals surface area contributed by atoms with E-state index in [1.165, 1.54) is 109 Å². The molecule has 17 nitrogen and oxygen atoms in total. The molecule has 0 aliphatic rings. The number of ether oxygens (including phenoxy) is 4. The normalized spacial score (nSPS) is 15.1. The van der Waals surface area contributed by atoms with Crippen LogP contribution in [-0.2, 0) is 65.4 Å². The maximum atomic E-state index is 13.0. The summed E-state index contributed by atoms with van der Waals surface area (Å²) in [5.41, 5.74) is 0. The number of carbonyl (C=O) groups excluding carboxylic acids is 4. The summed E-state index contributed by atoms with van der Waals surface area (Å²) in [5, 5.41) is 10.5. The number of esters is 4. The van der Waals surface area contributed by atoms with Crippen LogP contribution in [0.25, 0.3) is 0 Å². The van der Waals surface area contributed by atoms with Gasteiger partial charge < -0.3 is 33.8 Å². The number of aliphatic hydroxyl groups excluding tert-OH is 1. The number of aliphatic hydroxyl groups is 1. The van der Waals surface area contributed by atoms with Gasteiger partial charge in [0.2, 0.25) is 0 Å². The molecule has 0 aromatic heterocycles. The standard InChI is InChI=1S/C65H126O17P2/c1-9-57(7)43-35-27-18-15-16-19-29-37-45-62(67)75-51-60(81-64(69)47-39-31-20-14-12-11-13-17-25-33-41-55(3)4)53-79-83(71,72)77-49-59(66)50-78-84(73,74)80-54-61(52-76-63(68)46-38-30-23-21-26-34-42-56(5)6)82-65(70)48-40-32-24-22-28-36-44-58(8)10-2/h55-61,66H,9-54H2,1-8H3,(H,71,72)(H,73,74)/t57?,58?,59-,60-,61-/m1/s1. The summed E-state index contributed by atoms with van der Waals surface area (Å²) in [4.78, 5) is 72.2. The lowest BCUT2D eigenvalue weighted by atomic mass is 9.99. The van der Waals surface area contributed by atoms with E-state index in [9.17, 15) is 43.2 Å². The van der Waals surface area contributed by atoms with Crippen LogP contribution in [0.5, 0.6) is 0 Å². The van der Waals surface area contributed by atoms with Crippen molar-refractivity contribution in [1.82, 2.24) is 0 Å². The Bertz CT molecular complexity index is 1680. The zero-order chi connectivity index (χ0) is 62.5. The van der Waals surface area contributed by atoms with E-state index in [4.69, 9.17) is 37.0 Å². The highest BCUT2D eigenvalue weighted by Crippen LogP contribution is 2.45. The second-order valence-corrected chi connectivity index (χ2v) is 27.8. The van der Waals surface area contributed by atoms with Gasteiger partial charge in [-0.1, -0.05) is 261 Å². The monoisotopic (exact) mass is 1240 g/mol. The van der Waals surface area contributed by atoms with Gasteiger partial charge in [-0.15, -0.1) is 0 Å². The maximum Gasteiger partial charge on any atom is 0.472 e. The van der Waals surface area contributed by atoms with Crippen LogP contribution < -0.4 is 0 Å². The van der Waals surface area contributed by atoms with Crippen LogP contribution in [0.1, 0.15) is 312 Å². The Morgan fingerprint density at radius 1 is 0.333 bits per heavy atom. The molecular weight excluding hydrogens is 1110 g/mol. The fourth-order valence-corrected chi connectivity index (χ4v) is 11.1. The predicted molar refractivity (Wildman–Crippen MR) is 335 cm³/mol. The van der Waals surface area contributed by atoms with Crippen LogP contribution in [0.4, 0.5) is 0 Å². The maximum absolute atomic E-state index is 13.0. The van der Waals surface area contributed by atoms with E-state index in [-0.39, 0.29) is 25.7 Å². The Morgan fingerprint density at radius 2 is 0.571 bits per heavy atom. The molecule has 0 bridgehead atoms. The van der Waals surface area contributed by atoms with E-state index in [2.05, 4.69) is 55.4 Å². The third kappa shape index (κ3) is 56.6. The molecule has 84 heavy (non-hydrogen) atoms. The Hall–Kier alpha value is -1.94. The van der Waals surface area contributed by atoms with Gasteiger partial charge in [-0.05, 0) is 49.4 Å². The third-order valence-corrected chi connectivity index (χ3v) is 17.4. The Balaban J connectivity index is 5.26. The first kappa shape index (κ1) is 82.1. The Kier molecular flexibility index (Phi) is 53.9. The van der Waals surface area contributed by atoms with Gasteiger partial charge >= 0.3 is 39.5 Å². The number of rotatable bonds is 62. The molecule has 0 saturated heterocycles. The lowest BCUT2D eigenvalue weighted by Gasteiger charge is -2.21. The summed E-state index contributed by atoms with van der Waals surface area (Å²) in [7, 11) is -9.89. The van der Waals surface area contributed by atoms with E-state index in [1.807, 2.05) is 0 Å².